The van der Waals surface area contributed by atoms with E-state index in [0.29, 0.717) is 53.5 Å². The molecule has 0 spiro atoms. The first-order valence-electron chi connectivity index (χ1n) is 16.9. The van der Waals surface area contributed by atoms with Crippen molar-refractivity contribution in [1.29, 1.82) is 0 Å². The normalized spacial score (nSPS) is 10.7. The van der Waals surface area contributed by atoms with Gasteiger partial charge in [0.25, 0.3) is 11.1 Å². The number of hydrogen-bond donors (Lipinski definition) is 4. The Morgan fingerprint density at radius 3 is 1.52 bits per heavy atom. The highest BCUT2D eigenvalue weighted by molar-refractivity contribution is 9.10. The molecule has 2 aromatic heterocycles. The lowest BCUT2D eigenvalue weighted by Crippen LogP contribution is -2.29. The van der Waals surface area contributed by atoms with Crippen molar-refractivity contribution in [2.45, 2.75) is 13.8 Å². The third kappa shape index (κ3) is 9.60. The van der Waals surface area contributed by atoms with Crippen molar-refractivity contribution in [2.75, 3.05) is 0 Å². The summed E-state index contributed by atoms with van der Waals surface area (Å²) in [6.45, 7) is 3.91. The molecule has 0 unspecified atom stereocenters. The average Bonchev–Trinajstić information content (AvgIpc) is 3.18. The Hall–Kier alpha value is -4.78. The van der Waals surface area contributed by atoms with Gasteiger partial charge in [-0.25, -0.2) is 9.97 Å². The largest absolute Gasteiger partial charge is 0.488 e. The molecule has 0 saturated carbocycles. The van der Waals surface area contributed by atoms with E-state index in [1.54, 1.807) is 18.2 Å². The van der Waals surface area contributed by atoms with Gasteiger partial charge in [-0.3, -0.25) is 9.59 Å². The molecular formula is C42H30BBrCl4N4O4. The van der Waals surface area contributed by atoms with Gasteiger partial charge in [0.1, 0.15) is 11.6 Å². The predicted octanol–water partition coefficient (Wildman–Crippen LogP) is 10.2. The standard InChI is InChI=1S/C21H14Cl2N2O.C15H11BrN2O.C6H5BCl2O2/c1-12-4-2-7-16-19(12)24-20(25-21(16)26)15-6-3-5-13(10-15)14-8-9-17(22)18(23)11-14;1-9-4-2-7-12-13(9)17-14(18-15(12)19)10-5-3-6-11(16)8-10;8-5-2-1-4(7(10)11)3-6(5)9/h2-11H,1H3,(H,24,25,26);2-8H,1H3,(H,17,18,19);1-3,10-11H. The zero-order chi connectivity index (χ0) is 40.1. The van der Waals surface area contributed by atoms with Crippen molar-refractivity contribution in [3.05, 3.63) is 178 Å². The summed E-state index contributed by atoms with van der Waals surface area (Å²) >= 11 is 26.7. The van der Waals surface area contributed by atoms with Gasteiger partial charge in [-0.2, -0.15) is 0 Å². The number of nitrogens with one attached hydrogen (secondary N) is 2. The van der Waals surface area contributed by atoms with Gasteiger partial charge in [0.15, 0.2) is 0 Å². The van der Waals surface area contributed by atoms with Crippen molar-refractivity contribution in [2.24, 2.45) is 0 Å². The molecule has 2 heterocycles. The number of halogens is 5. The third-order valence-corrected chi connectivity index (χ3v) is 10.6. The molecule has 56 heavy (non-hydrogen) atoms. The summed E-state index contributed by atoms with van der Waals surface area (Å²) in [5, 5.41) is 20.3. The lowest BCUT2D eigenvalue weighted by molar-refractivity contribution is 0.426. The number of rotatable bonds is 4. The molecule has 0 radical (unpaired) electrons. The summed E-state index contributed by atoms with van der Waals surface area (Å²) in [6, 6.07) is 36.6. The summed E-state index contributed by atoms with van der Waals surface area (Å²) in [5.74, 6) is 1.13. The van der Waals surface area contributed by atoms with Crippen LogP contribution in [-0.2, 0) is 0 Å². The fourth-order valence-corrected chi connectivity index (χ4v) is 6.72. The number of para-hydroxylation sites is 2. The van der Waals surface area contributed by atoms with E-state index in [2.05, 4.69) is 35.9 Å². The van der Waals surface area contributed by atoms with Crippen LogP contribution >= 0.6 is 62.3 Å². The maximum atomic E-state index is 12.4. The van der Waals surface area contributed by atoms with Gasteiger partial charge < -0.3 is 20.0 Å². The third-order valence-electron chi connectivity index (χ3n) is 8.60. The number of aromatic amines is 2. The van der Waals surface area contributed by atoms with E-state index >= 15 is 0 Å². The first-order valence-corrected chi connectivity index (χ1v) is 19.2. The lowest BCUT2D eigenvalue weighted by Gasteiger charge is -2.08. The summed E-state index contributed by atoms with van der Waals surface area (Å²) in [4.78, 5) is 39.5. The van der Waals surface area contributed by atoms with Crippen LogP contribution in [0, 0.1) is 13.8 Å². The maximum Gasteiger partial charge on any atom is 0.488 e. The van der Waals surface area contributed by atoms with E-state index < -0.39 is 7.12 Å². The highest BCUT2D eigenvalue weighted by Gasteiger charge is 2.12. The Kier molecular flexibility index (Phi) is 13.1. The Labute approximate surface area is 350 Å². The van der Waals surface area contributed by atoms with E-state index in [0.717, 1.165) is 43.4 Å². The highest BCUT2D eigenvalue weighted by atomic mass is 79.9. The molecule has 14 heteroatoms. The van der Waals surface area contributed by atoms with E-state index in [-0.39, 0.29) is 11.1 Å². The number of nitrogens with zero attached hydrogens (tertiary/aromatic N) is 2. The second-order valence-electron chi connectivity index (χ2n) is 12.5. The minimum absolute atomic E-state index is 0.108. The van der Waals surface area contributed by atoms with Gasteiger partial charge in [-0.1, -0.05) is 129 Å². The minimum atomic E-state index is -1.50. The monoisotopic (exact) mass is 884 g/mol. The number of benzene rings is 6. The minimum Gasteiger partial charge on any atom is -0.423 e. The number of fused-ring (bicyclic) bond motifs is 2. The van der Waals surface area contributed by atoms with Crippen molar-refractivity contribution in [3.8, 4) is 33.9 Å². The molecule has 0 bridgehead atoms. The quantitative estimate of drug-likeness (QED) is 0.130. The molecule has 0 atom stereocenters. The molecule has 0 amide bonds. The van der Waals surface area contributed by atoms with Crippen LogP contribution in [0.15, 0.2) is 135 Å². The first-order chi connectivity index (χ1) is 26.8. The summed E-state index contributed by atoms with van der Waals surface area (Å²) in [5.41, 5.74) is 7.14. The number of aryl methyl sites for hydroxylation is 2. The van der Waals surface area contributed by atoms with Gasteiger partial charge in [-0.05, 0) is 96.2 Å². The summed E-state index contributed by atoms with van der Waals surface area (Å²) < 4.78 is 0.956. The van der Waals surface area contributed by atoms with Gasteiger partial charge in [0.2, 0.25) is 0 Å². The van der Waals surface area contributed by atoms with Crippen LogP contribution in [-0.4, -0.2) is 37.1 Å². The van der Waals surface area contributed by atoms with E-state index in [1.807, 2.05) is 98.8 Å². The molecule has 280 valence electrons. The highest BCUT2D eigenvalue weighted by Crippen LogP contribution is 2.31. The van der Waals surface area contributed by atoms with E-state index in [9.17, 15) is 9.59 Å². The van der Waals surface area contributed by atoms with Crippen LogP contribution in [0.2, 0.25) is 20.1 Å². The smallest absolute Gasteiger partial charge is 0.423 e. The van der Waals surface area contributed by atoms with Crippen LogP contribution in [0.5, 0.6) is 0 Å². The fourth-order valence-electron chi connectivity index (χ4n) is 5.71. The van der Waals surface area contributed by atoms with Crippen LogP contribution < -0.4 is 16.6 Å². The second kappa shape index (κ2) is 18.0. The summed E-state index contributed by atoms with van der Waals surface area (Å²) in [7, 11) is -1.50. The molecule has 0 aliphatic rings. The SMILES string of the molecule is Cc1cccc2c(=O)[nH]c(-c3cccc(-c4ccc(Cl)c(Cl)c4)c3)nc12.Cc1cccc2c(=O)[nH]c(-c3cccc(Br)c3)nc12.OB(O)c1ccc(Cl)c(Cl)c1. The predicted molar refractivity (Wildman–Crippen MR) is 235 cm³/mol. The number of H-pyrrole nitrogens is 2. The molecule has 8 nitrogen and oxygen atoms in total. The molecule has 0 fully saturated rings. The average molecular weight is 887 g/mol. The first kappa shape index (κ1) is 40.9. The molecule has 8 aromatic rings. The molecule has 4 N–H and O–H groups in total. The van der Waals surface area contributed by atoms with Crippen molar-refractivity contribution in [3.63, 3.8) is 0 Å². The van der Waals surface area contributed by atoms with Crippen LogP contribution in [0.1, 0.15) is 11.1 Å². The maximum absolute atomic E-state index is 12.4. The molecule has 6 aromatic carbocycles. The van der Waals surface area contributed by atoms with Crippen LogP contribution in [0.3, 0.4) is 0 Å². The Morgan fingerprint density at radius 2 is 1.00 bits per heavy atom. The lowest BCUT2D eigenvalue weighted by atomic mass is 9.80. The number of aromatic nitrogens is 4. The molecule has 0 aliphatic carbocycles. The van der Waals surface area contributed by atoms with Crippen LogP contribution in [0.25, 0.3) is 55.7 Å². The summed E-state index contributed by atoms with van der Waals surface area (Å²) in [6.07, 6.45) is 0. The van der Waals surface area contributed by atoms with Gasteiger partial charge in [0, 0.05) is 15.6 Å². The topological polar surface area (TPSA) is 132 Å². The Bertz CT molecular complexity index is 2850. The van der Waals surface area contributed by atoms with E-state index in [4.69, 9.17) is 56.5 Å². The molecule has 8 rings (SSSR count). The van der Waals surface area contributed by atoms with Crippen molar-refractivity contribution < 1.29 is 10.0 Å². The Morgan fingerprint density at radius 1 is 0.536 bits per heavy atom. The molecule has 0 saturated heterocycles. The zero-order valence-corrected chi connectivity index (χ0v) is 34.2. The molecule has 0 aliphatic heterocycles. The van der Waals surface area contributed by atoms with E-state index in [1.165, 1.54) is 18.2 Å². The van der Waals surface area contributed by atoms with Gasteiger partial charge in [-0.15, -0.1) is 0 Å². The zero-order valence-electron chi connectivity index (χ0n) is 29.6. The van der Waals surface area contributed by atoms with Crippen LogP contribution in [0.4, 0.5) is 0 Å². The second-order valence-corrected chi connectivity index (χ2v) is 15.1. The van der Waals surface area contributed by atoms with Gasteiger partial charge >= 0.3 is 7.12 Å². The van der Waals surface area contributed by atoms with Gasteiger partial charge in [0.05, 0.1) is 41.9 Å². The van der Waals surface area contributed by atoms with Crippen molar-refractivity contribution >= 4 is 96.7 Å². The molecular weight excluding hydrogens is 857 g/mol. The number of hydrogen-bond acceptors (Lipinski definition) is 6. The Balaban J connectivity index is 0.000000155. The van der Waals surface area contributed by atoms with Crippen molar-refractivity contribution in [1.82, 2.24) is 19.9 Å². The fraction of sp³-hybridized carbons (Fsp3) is 0.0476.